The number of nitrogens with one attached hydrogen (secondary N) is 1. The highest BCUT2D eigenvalue weighted by Gasteiger charge is 2.43. The highest BCUT2D eigenvalue weighted by Crippen LogP contribution is 2.37. The lowest BCUT2D eigenvalue weighted by Crippen LogP contribution is -2.50. The summed E-state index contributed by atoms with van der Waals surface area (Å²) in [5, 5.41) is 18.8. The quantitative estimate of drug-likeness (QED) is 0.338. The molecule has 1 aromatic rings. The number of rotatable bonds is 4. The SMILES string of the molecule is Cc1noc(C)c1CNC(=O)C1(C(N)=NO)CCCCC1. The van der Waals surface area contributed by atoms with Gasteiger partial charge in [0.25, 0.3) is 0 Å². The van der Waals surface area contributed by atoms with E-state index in [4.69, 9.17) is 15.5 Å². The van der Waals surface area contributed by atoms with Crippen LogP contribution in [-0.2, 0) is 11.3 Å². The van der Waals surface area contributed by atoms with Crippen LogP contribution in [0.3, 0.4) is 0 Å². The minimum atomic E-state index is -0.897. The molecule has 7 heteroatoms. The number of aromatic nitrogens is 1. The van der Waals surface area contributed by atoms with Gasteiger partial charge in [-0.15, -0.1) is 0 Å². The minimum Gasteiger partial charge on any atom is -0.409 e. The summed E-state index contributed by atoms with van der Waals surface area (Å²) in [6, 6.07) is 0. The van der Waals surface area contributed by atoms with Gasteiger partial charge in [0.05, 0.1) is 5.69 Å². The van der Waals surface area contributed by atoms with Gasteiger partial charge in [-0.3, -0.25) is 4.79 Å². The number of nitrogens with zero attached hydrogens (tertiary/aromatic N) is 2. The standard InChI is InChI=1S/C14H22N4O3/c1-9-11(10(2)21-18-9)8-16-13(19)14(12(15)17-20)6-4-3-5-7-14/h20H,3-8H2,1-2H3,(H2,15,17)(H,16,19). The Hall–Kier alpha value is -2.05. The van der Waals surface area contributed by atoms with Crippen LogP contribution in [0.15, 0.2) is 9.68 Å². The van der Waals surface area contributed by atoms with Gasteiger partial charge >= 0.3 is 0 Å². The zero-order chi connectivity index (χ0) is 15.5. The molecule has 21 heavy (non-hydrogen) atoms. The smallest absolute Gasteiger partial charge is 0.234 e. The van der Waals surface area contributed by atoms with Gasteiger partial charge in [-0.1, -0.05) is 29.6 Å². The topological polar surface area (TPSA) is 114 Å². The van der Waals surface area contributed by atoms with Gasteiger partial charge in [0.1, 0.15) is 11.2 Å². The molecular weight excluding hydrogens is 272 g/mol. The van der Waals surface area contributed by atoms with E-state index in [0.29, 0.717) is 25.1 Å². The molecule has 1 aromatic heterocycles. The summed E-state index contributed by atoms with van der Waals surface area (Å²) >= 11 is 0. The lowest BCUT2D eigenvalue weighted by Gasteiger charge is -2.34. The summed E-state index contributed by atoms with van der Waals surface area (Å²) in [7, 11) is 0. The normalized spacial score (nSPS) is 18.5. The minimum absolute atomic E-state index is 0.00142. The van der Waals surface area contributed by atoms with Gasteiger partial charge < -0.3 is 20.8 Å². The molecule has 1 saturated carbocycles. The van der Waals surface area contributed by atoms with Crippen molar-refractivity contribution in [2.45, 2.75) is 52.5 Å². The van der Waals surface area contributed by atoms with Crippen molar-refractivity contribution in [3.8, 4) is 0 Å². The molecule has 0 aromatic carbocycles. The Morgan fingerprint density at radius 3 is 2.62 bits per heavy atom. The number of amidine groups is 1. The highest BCUT2D eigenvalue weighted by atomic mass is 16.5. The number of aryl methyl sites for hydroxylation is 2. The first-order chi connectivity index (χ1) is 10.0. The first-order valence-corrected chi connectivity index (χ1v) is 7.19. The van der Waals surface area contributed by atoms with Crippen molar-refractivity contribution in [2.75, 3.05) is 0 Å². The van der Waals surface area contributed by atoms with E-state index in [2.05, 4.69) is 15.6 Å². The Balaban J connectivity index is 2.13. The van der Waals surface area contributed by atoms with Gasteiger partial charge in [-0.2, -0.15) is 0 Å². The molecule has 1 amide bonds. The van der Waals surface area contributed by atoms with Crippen molar-refractivity contribution in [3.63, 3.8) is 0 Å². The molecule has 7 nitrogen and oxygen atoms in total. The van der Waals surface area contributed by atoms with E-state index in [0.717, 1.165) is 30.5 Å². The fourth-order valence-corrected chi connectivity index (χ4v) is 2.94. The lowest BCUT2D eigenvalue weighted by molar-refractivity contribution is -0.129. The van der Waals surface area contributed by atoms with E-state index in [1.165, 1.54) is 0 Å². The molecule has 1 heterocycles. The van der Waals surface area contributed by atoms with E-state index >= 15 is 0 Å². The molecule has 1 fully saturated rings. The first-order valence-electron chi connectivity index (χ1n) is 7.19. The Bertz CT molecular complexity index is 525. The summed E-state index contributed by atoms with van der Waals surface area (Å²) in [6.45, 7) is 3.97. The molecule has 2 rings (SSSR count). The highest BCUT2D eigenvalue weighted by molar-refractivity contribution is 6.06. The third-order valence-electron chi connectivity index (χ3n) is 4.35. The Kier molecular flexibility index (Phi) is 4.50. The van der Waals surface area contributed by atoms with Crippen molar-refractivity contribution >= 4 is 11.7 Å². The largest absolute Gasteiger partial charge is 0.409 e. The van der Waals surface area contributed by atoms with E-state index < -0.39 is 5.41 Å². The van der Waals surface area contributed by atoms with Gasteiger partial charge in [-0.25, -0.2) is 0 Å². The average Bonchev–Trinajstić information content (AvgIpc) is 2.83. The second-order valence-electron chi connectivity index (χ2n) is 5.61. The zero-order valence-corrected chi connectivity index (χ0v) is 12.5. The molecule has 1 aliphatic carbocycles. The van der Waals surface area contributed by atoms with Crippen molar-refractivity contribution in [1.29, 1.82) is 0 Å². The van der Waals surface area contributed by atoms with Crippen LogP contribution in [-0.4, -0.2) is 22.1 Å². The third kappa shape index (κ3) is 2.86. The summed E-state index contributed by atoms with van der Waals surface area (Å²) in [5.41, 5.74) is 6.53. The number of oxime groups is 1. The third-order valence-corrected chi connectivity index (χ3v) is 4.35. The summed E-state index contributed by atoms with van der Waals surface area (Å²) in [5.74, 6) is 0.491. The van der Waals surface area contributed by atoms with Crippen LogP contribution in [0.2, 0.25) is 0 Å². The predicted molar refractivity (Wildman–Crippen MR) is 76.8 cm³/mol. The van der Waals surface area contributed by atoms with Gasteiger partial charge in [0.15, 0.2) is 5.84 Å². The molecule has 116 valence electrons. The number of hydrogen-bond acceptors (Lipinski definition) is 5. The molecule has 1 aliphatic rings. The van der Waals surface area contributed by atoms with Crippen LogP contribution in [0.5, 0.6) is 0 Å². The maximum atomic E-state index is 12.6. The second kappa shape index (κ2) is 6.15. The fraction of sp³-hybridized carbons (Fsp3) is 0.643. The number of amides is 1. The van der Waals surface area contributed by atoms with Crippen LogP contribution in [0.25, 0.3) is 0 Å². The first kappa shape index (κ1) is 15.3. The number of hydrogen-bond donors (Lipinski definition) is 3. The van der Waals surface area contributed by atoms with Gasteiger partial charge in [-0.05, 0) is 26.7 Å². The van der Waals surface area contributed by atoms with E-state index in [1.807, 2.05) is 6.92 Å². The van der Waals surface area contributed by atoms with Crippen LogP contribution in [0, 0.1) is 19.3 Å². The monoisotopic (exact) mass is 294 g/mol. The van der Waals surface area contributed by atoms with Crippen LogP contribution in [0.1, 0.15) is 49.1 Å². The molecule has 0 unspecified atom stereocenters. The summed E-state index contributed by atoms with van der Waals surface area (Å²) < 4.78 is 5.08. The van der Waals surface area contributed by atoms with Gasteiger partial charge in [0, 0.05) is 12.1 Å². The Labute approximate surface area is 123 Å². The van der Waals surface area contributed by atoms with E-state index in [-0.39, 0.29) is 11.7 Å². The summed E-state index contributed by atoms with van der Waals surface area (Å²) in [4.78, 5) is 12.6. The van der Waals surface area contributed by atoms with Crippen LogP contribution >= 0.6 is 0 Å². The van der Waals surface area contributed by atoms with Crippen molar-refractivity contribution in [1.82, 2.24) is 10.5 Å². The van der Waals surface area contributed by atoms with E-state index in [1.54, 1.807) is 6.92 Å². The maximum absolute atomic E-state index is 12.6. The molecule has 0 aliphatic heterocycles. The molecule has 0 saturated heterocycles. The van der Waals surface area contributed by atoms with Crippen molar-refractivity contribution in [3.05, 3.63) is 17.0 Å². The molecule has 0 bridgehead atoms. The van der Waals surface area contributed by atoms with Crippen molar-refractivity contribution in [2.24, 2.45) is 16.3 Å². The number of carbonyl (C=O) groups excluding carboxylic acids is 1. The molecule has 0 spiro atoms. The molecular formula is C14H22N4O3. The maximum Gasteiger partial charge on any atom is 0.234 e. The molecule has 4 N–H and O–H groups in total. The van der Waals surface area contributed by atoms with Crippen LogP contribution in [0.4, 0.5) is 0 Å². The Morgan fingerprint density at radius 1 is 1.43 bits per heavy atom. The fourth-order valence-electron chi connectivity index (χ4n) is 2.94. The molecule has 0 radical (unpaired) electrons. The lowest BCUT2D eigenvalue weighted by atomic mass is 9.72. The van der Waals surface area contributed by atoms with E-state index in [9.17, 15) is 4.79 Å². The predicted octanol–water partition coefficient (Wildman–Crippen LogP) is 1.60. The summed E-state index contributed by atoms with van der Waals surface area (Å²) in [6.07, 6.45) is 4.08. The van der Waals surface area contributed by atoms with Gasteiger partial charge in [0.2, 0.25) is 5.91 Å². The number of carbonyl (C=O) groups is 1. The number of nitrogens with two attached hydrogens (primary N) is 1. The second-order valence-corrected chi connectivity index (χ2v) is 5.61. The Morgan fingerprint density at radius 2 is 2.10 bits per heavy atom. The van der Waals surface area contributed by atoms with Crippen molar-refractivity contribution < 1.29 is 14.5 Å². The zero-order valence-electron chi connectivity index (χ0n) is 12.5. The average molecular weight is 294 g/mol. The molecule has 0 atom stereocenters. The van der Waals surface area contributed by atoms with Crippen LogP contribution < -0.4 is 11.1 Å².